The quantitative estimate of drug-likeness (QED) is 0.597. The molecule has 0 fully saturated rings. The molecule has 0 bridgehead atoms. The Bertz CT molecular complexity index is 657. The number of hydrogen-bond acceptors (Lipinski definition) is 3. The van der Waals surface area contributed by atoms with Crippen molar-refractivity contribution in [1.82, 2.24) is 0 Å². The third-order valence-corrected chi connectivity index (χ3v) is 2.77. The summed E-state index contributed by atoms with van der Waals surface area (Å²) in [5, 5.41) is 21.3. The maximum Gasteiger partial charge on any atom is 0.489 e. The number of rotatable bonds is 1. The zero-order valence-electron chi connectivity index (χ0n) is 8.42. The molecule has 2 aromatic carbocycles. The van der Waals surface area contributed by atoms with Crippen molar-refractivity contribution in [2.45, 2.75) is 0 Å². The number of fused-ring (bicyclic) bond motifs is 2. The van der Waals surface area contributed by atoms with Crippen molar-refractivity contribution in [1.29, 1.82) is 0 Å². The SMILES string of the molecule is OB(O)c1cccc2cc3occc3cc12. The number of furan rings is 1. The van der Waals surface area contributed by atoms with Crippen molar-refractivity contribution < 1.29 is 14.5 Å². The number of benzene rings is 2. The van der Waals surface area contributed by atoms with Gasteiger partial charge < -0.3 is 14.5 Å². The third-order valence-electron chi connectivity index (χ3n) is 2.77. The highest BCUT2D eigenvalue weighted by Crippen LogP contribution is 2.22. The number of hydrogen-bond donors (Lipinski definition) is 2. The molecular weight excluding hydrogens is 203 g/mol. The van der Waals surface area contributed by atoms with Crippen molar-refractivity contribution in [3.05, 3.63) is 42.7 Å². The zero-order chi connectivity index (χ0) is 11.1. The van der Waals surface area contributed by atoms with Gasteiger partial charge in [-0.05, 0) is 34.4 Å². The van der Waals surface area contributed by atoms with E-state index in [9.17, 15) is 10.0 Å². The standard InChI is InChI=1S/C12H9BO3/c14-13(15)11-3-1-2-8-7-12-9(4-5-16-12)6-10(8)11/h1-7,14-15H. The second-order valence-electron chi connectivity index (χ2n) is 3.75. The molecule has 0 aliphatic rings. The van der Waals surface area contributed by atoms with Gasteiger partial charge in [0.15, 0.2) is 0 Å². The van der Waals surface area contributed by atoms with Gasteiger partial charge in [-0.25, -0.2) is 0 Å². The minimum absolute atomic E-state index is 0.514. The van der Waals surface area contributed by atoms with Gasteiger partial charge in [-0.15, -0.1) is 0 Å². The first kappa shape index (κ1) is 9.45. The summed E-state index contributed by atoms with van der Waals surface area (Å²) in [5.74, 6) is 0. The second kappa shape index (κ2) is 3.37. The van der Waals surface area contributed by atoms with E-state index < -0.39 is 7.12 Å². The maximum atomic E-state index is 9.28. The summed E-state index contributed by atoms with van der Waals surface area (Å²) in [6, 6.07) is 11.1. The lowest BCUT2D eigenvalue weighted by atomic mass is 9.77. The molecular formula is C12H9BO3. The summed E-state index contributed by atoms with van der Waals surface area (Å²) in [5.41, 5.74) is 1.32. The third kappa shape index (κ3) is 1.32. The van der Waals surface area contributed by atoms with E-state index in [0.717, 1.165) is 21.7 Å². The fourth-order valence-corrected chi connectivity index (χ4v) is 1.98. The Hall–Kier alpha value is -1.78. The molecule has 3 nitrogen and oxygen atoms in total. The van der Waals surface area contributed by atoms with Crippen molar-refractivity contribution in [2.75, 3.05) is 0 Å². The summed E-state index contributed by atoms with van der Waals surface area (Å²) < 4.78 is 5.30. The first-order valence-electron chi connectivity index (χ1n) is 5.02. The molecule has 0 amide bonds. The highest BCUT2D eigenvalue weighted by molar-refractivity contribution is 6.62. The summed E-state index contributed by atoms with van der Waals surface area (Å²) in [7, 11) is -1.45. The molecule has 1 heterocycles. The minimum atomic E-state index is -1.45. The van der Waals surface area contributed by atoms with Crippen LogP contribution in [-0.2, 0) is 0 Å². The van der Waals surface area contributed by atoms with Gasteiger partial charge in [0.2, 0.25) is 0 Å². The monoisotopic (exact) mass is 212 g/mol. The van der Waals surface area contributed by atoms with E-state index in [0.29, 0.717) is 5.46 Å². The van der Waals surface area contributed by atoms with Crippen LogP contribution in [0.15, 0.2) is 47.1 Å². The van der Waals surface area contributed by atoms with E-state index in [1.54, 1.807) is 18.4 Å². The first-order chi connectivity index (χ1) is 7.75. The van der Waals surface area contributed by atoms with Gasteiger partial charge >= 0.3 is 7.12 Å². The van der Waals surface area contributed by atoms with Crippen LogP contribution in [0.4, 0.5) is 0 Å². The predicted octanol–water partition coefficient (Wildman–Crippen LogP) is 1.27. The van der Waals surface area contributed by atoms with Crippen LogP contribution in [-0.4, -0.2) is 17.2 Å². The van der Waals surface area contributed by atoms with Crippen LogP contribution in [0.1, 0.15) is 0 Å². The average Bonchev–Trinajstić information content (AvgIpc) is 2.71. The lowest BCUT2D eigenvalue weighted by molar-refractivity contribution is 0.426. The zero-order valence-corrected chi connectivity index (χ0v) is 8.42. The van der Waals surface area contributed by atoms with Crippen LogP contribution in [0, 0.1) is 0 Å². The van der Waals surface area contributed by atoms with Crippen molar-refractivity contribution in [3.63, 3.8) is 0 Å². The molecule has 16 heavy (non-hydrogen) atoms. The van der Waals surface area contributed by atoms with Crippen molar-refractivity contribution in [2.24, 2.45) is 0 Å². The van der Waals surface area contributed by atoms with Crippen LogP contribution in [0.5, 0.6) is 0 Å². The fraction of sp³-hybridized carbons (Fsp3) is 0. The topological polar surface area (TPSA) is 53.6 Å². The highest BCUT2D eigenvalue weighted by atomic mass is 16.4. The Balaban J connectivity index is 2.44. The van der Waals surface area contributed by atoms with Crippen molar-refractivity contribution in [3.8, 4) is 0 Å². The molecule has 3 rings (SSSR count). The van der Waals surface area contributed by atoms with E-state index in [2.05, 4.69) is 0 Å². The Morgan fingerprint density at radius 1 is 1.00 bits per heavy atom. The van der Waals surface area contributed by atoms with E-state index in [1.807, 2.05) is 24.3 Å². The molecule has 3 aromatic rings. The normalized spacial score (nSPS) is 11.1. The van der Waals surface area contributed by atoms with Gasteiger partial charge in [-0.2, -0.15) is 0 Å². The Labute approximate surface area is 92.1 Å². The largest absolute Gasteiger partial charge is 0.489 e. The molecule has 0 saturated heterocycles. The average molecular weight is 212 g/mol. The van der Waals surface area contributed by atoms with Crippen LogP contribution < -0.4 is 5.46 Å². The summed E-state index contributed by atoms with van der Waals surface area (Å²) >= 11 is 0. The summed E-state index contributed by atoms with van der Waals surface area (Å²) in [6.45, 7) is 0. The van der Waals surface area contributed by atoms with Crippen molar-refractivity contribution >= 4 is 34.3 Å². The summed E-state index contributed by atoms with van der Waals surface area (Å²) in [6.07, 6.45) is 1.62. The molecule has 2 N–H and O–H groups in total. The molecule has 1 aromatic heterocycles. The minimum Gasteiger partial charge on any atom is -0.464 e. The van der Waals surface area contributed by atoms with Crippen LogP contribution in [0.25, 0.3) is 21.7 Å². The molecule has 0 unspecified atom stereocenters. The predicted molar refractivity (Wildman–Crippen MR) is 63.5 cm³/mol. The van der Waals surface area contributed by atoms with Gasteiger partial charge in [-0.1, -0.05) is 18.2 Å². The van der Waals surface area contributed by atoms with Crippen LogP contribution in [0.2, 0.25) is 0 Å². The van der Waals surface area contributed by atoms with Gasteiger partial charge in [0.05, 0.1) is 6.26 Å². The van der Waals surface area contributed by atoms with E-state index >= 15 is 0 Å². The van der Waals surface area contributed by atoms with E-state index in [1.165, 1.54) is 0 Å². The van der Waals surface area contributed by atoms with E-state index in [4.69, 9.17) is 4.42 Å². The van der Waals surface area contributed by atoms with Crippen LogP contribution in [0.3, 0.4) is 0 Å². The molecule has 0 aliphatic heterocycles. The van der Waals surface area contributed by atoms with Crippen LogP contribution >= 0.6 is 0 Å². The molecule has 4 heteroatoms. The highest BCUT2D eigenvalue weighted by Gasteiger charge is 2.14. The second-order valence-corrected chi connectivity index (χ2v) is 3.75. The maximum absolute atomic E-state index is 9.28. The smallest absolute Gasteiger partial charge is 0.464 e. The lowest BCUT2D eigenvalue weighted by Gasteiger charge is -2.05. The molecule has 78 valence electrons. The first-order valence-corrected chi connectivity index (χ1v) is 5.02. The Morgan fingerprint density at radius 3 is 2.69 bits per heavy atom. The Kier molecular flexibility index (Phi) is 1.99. The molecule has 0 radical (unpaired) electrons. The fourth-order valence-electron chi connectivity index (χ4n) is 1.98. The molecule has 0 saturated carbocycles. The lowest BCUT2D eigenvalue weighted by Crippen LogP contribution is -2.30. The molecule has 0 spiro atoms. The van der Waals surface area contributed by atoms with Gasteiger partial charge in [0, 0.05) is 5.39 Å². The molecule has 0 aliphatic carbocycles. The van der Waals surface area contributed by atoms with Gasteiger partial charge in [0.25, 0.3) is 0 Å². The summed E-state index contributed by atoms with van der Waals surface area (Å²) in [4.78, 5) is 0. The van der Waals surface area contributed by atoms with E-state index in [-0.39, 0.29) is 0 Å². The molecule has 0 atom stereocenters. The van der Waals surface area contributed by atoms with Gasteiger partial charge in [-0.3, -0.25) is 0 Å². The van der Waals surface area contributed by atoms with Gasteiger partial charge in [0.1, 0.15) is 5.58 Å². The Morgan fingerprint density at radius 2 is 1.88 bits per heavy atom.